The second-order valence-electron chi connectivity index (χ2n) is 8.24. The summed E-state index contributed by atoms with van der Waals surface area (Å²) >= 11 is 0. The number of alkyl halides is 3. The van der Waals surface area contributed by atoms with Crippen molar-refractivity contribution in [1.82, 2.24) is 9.47 Å². The number of benzene rings is 3. The van der Waals surface area contributed by atoms with Gasteiger partial charge in [-0.3, -0.25) is 4.79 Å². The first kappa shape index (κ1) is 24.1. The van der Waals surface area contributed by atoms with Crippen molar-refractivity contribution in [2.45, 2.75) is 19.3 Å². The fourth-order valence-corrected chi connectivity index (χ4v) is 3.98. The standard InChI is InChI=1S/C29H25F3N2O/c1-2-17-34(28(35)25-15-13-24(14-16-25)23-9-4-3-5-10-23)21-27-12-7-18-33(27)20-22-8-6-11-26(19-22)29(30,31)32/h2-16,18-19H,1,17,20-21H2. The van der Waals surface area contributed by atoms with Gasteiger partial charge in [0.05, 0.1) is 12.1 Å². The molecule has 0 fully saturated rings. The molecule has 4 aromatic rings. The summed E-state index contributed by atoms with van der Waals surface area (Å²) in [5.41, 5.74) is 3.33. The maximum atomic E-state index is 13.3. The third-order valence-corrected chi connectivity index (χ3v) is 5.76. The van der Waals surface area contributed by atoms with E-state index >= 15 is 0 Å². The van der Waals surface area contributed by atoms with E-state index in [2.05, 4.69) is 6.58 Å². The summed E-state index contributed by atoms with van der Waals surface area (Å²) in [6.45, 7) is 4.69. The number of nitrogens with zero attached hydrogens (tertiary/aromatic N) is 2. The SMILES string of the molecule is C=CCN(Cc1cccn1Cc1cccc(C(F)(F)F)c1)C(=O)c1ccc(-c2ccccc2)cc1. The summed E-state index contributed by atoms with van der Waals surface area (Å²) in [5, 5.41) is 0. The molecule has 35 heavy (non-hydrogen) atoms. The normalized spacial score (nSPS) is 11.3. The van der Waals surface area contributed by atoms with Gasteiger partial charge in [0.15, 0.2) is 0 Å². The lowest BCUT2D eigenvalue weighted by molar-refractivity contribution is -0.137. The Morgan fingerprint density at radius 3 is 2.29 bits per heavy atom. The molecule has 0 saturated carbocycles. The van der Waals surface area contributed by atoms with Crippen molar-refractivity contribution in [3.63, 3.8) is 0 Å². The monoisotopic (exact) mass is 474 g/mol. The molecule has 178 valence electrons. The van der Waals surface area contributed by atoms with Crippen LogP contribution in [-0.4, -0.2) is 21.9 Å². The van der Waals surface area contributed by atoms with E-state index in [0.29, 0.717) is 24.2 Å². The van der Waals surface area contributed by atoms with Gasteiger partial charge in [-0.15, -0.1) is 6.58 Å². The first-order valence-electron chi connectivity index (χ1n) is 11.2. The van der Waals surface area contributed by atoms with Crippen molar-refractivity contribution in [1.29, 1.82) is 0 Å². The Morgan fingerprint density at radius 1 is 0.886 bits per heavy atom. The Hall–Kier alpha value is -4.06. The minimum absolute atomic E-state index is 0.142. The van der Waals surface area contributed by atoms with Crippen LogP contribution < -0.4 is 0 Å². The highest BCUT2D eigenvalue weighted by atomic mass is 19.4. The number of hydrogen-bond donors (Lipinski definition) is 0. The van der Waals surface area contributed by atoms with Crippen molar-refractivity contribution in [3.8, 4) is 11.1 Å². The van der Waals surface area contributed by atoms with Crippen molar-refractivity contribution >= 4 is 5.91 Å². The fourth-order valence-electron chi connectivity index (χ4n) is 3.98. The molecular weight excluding hydrogens is 449 g/mol. The van der Waals surface area contributed by atoms with E-state index in [1.165, 1.54) is 6.07 Å². The summed E-state index contributed by atoms with van der Waals surface area (Å²) in [6, 6.07) is 26.4. The smallest absolute Gasteiger partial charge is 0.345 e. The van der Waals surface area contributed by atoms with Gasteiger partial charge in [0.1, 0.15) is 0 Å². The van der Waals surface area contributed by atoms with Gasteiger partial charge in [-0.2, -0.15) is 13.2 Å². The molecule has 0 saturated heterocycles. The second kappa shape index (κ2) is 10.5. The third kappa shape index (κ3) is 5.90. The zero-order valence-corrected chi connectivity index (χ0v) is 19.1. The number of carbonyl (C=O) groups excluding carboxylic acids is 1. The average Bonchev–Trinajstić information content (AvgIpc) is 3.30. The van der Waals surface area contributed by atoms with Crippen molar-refractivity contribution < 1.29 is 18.0 Å². The minimum atomic E-state index is -4.39. The maximum Gasteiger partial charge on any atom is 0.416 e. The largest absolute Gasteiger partial charge is 0.416 e. The van der Waals surface area contributed by atoms with E-state index in [4.69, 9.17) is 0 Å². The first-order chi connectivity index (χ1) is 16.8. The molecule has 0 unspecified atom stereocenters. The highest BCUT2D eigenvalue weighted by molar-refractivity contribution is 5.94. The Kier molecular flexibility index (Phi) is 7.20. The molecular formula is C29H25F3N2O. The summed E-state index contributed by atoms with van der Waals surface area (Å²) in [7, 11) is 0. The topological polar surface area (TPSA) is 25.2 Å². The van der Waals surface area contributed by atoms with Gasteiger partial charge < -0.3 is 9.47 Å². The van der Waals surface area contributed by atoms with Crippen LogP contribution in [0.4, 0.5) is 13.2 Å². The molecule has 6 heteroatoms. The zero-order chi connectivity index (χ0) is 24.8. The molecule has 1 amide bonds. The predicted octanol–water partition coefficient (Wildman–Crippen LogP) is 7.05. The van der Waals surface area contributed by atoms with E-state index < -0.39 is 11.7 Å². The predicted molar refractivity (Wildman–Crippen MR) is 132 cm³/mol. The molecule has 0 aliphatic carbocycles. The van der Waals surface area contributed by atoms with Crippen LogP contribution in [0.3, 0.4) is 0 Å². The van der Waals surface area contributed by atoms with Crippen LogP contribution in [0.2, 0.25) is 0 Å². The van der Waals surface area contributed by atoms with E-state index in [-0.39, 0.29) is 12.5 Å². The molecule has 0 spiro atoms. The zero-order valence-electron chi connectivity index (χ0n) is 19.1. The number of amides is 1. The Labute approximate surface area is 202 Å². The quantitative estimate of drug-likeness (QED) is 0.251. The second-order valence-corrected chi connectivity index (χ2v) is 8.24. The van der Waals surface area contributed by atoms with E-state index in [1.807, 2.05) is 71.3 Å². The van der Waals surface area contributed by atoms with Crippen LogP contribution in [-0.2, 0) is 19.3 Å². The number of carbonyl (C=O) groups is 1. The Bertz CT molecular complexity index is 1290. The number of hydrogen-bond acceptors (Lipinski definition) is 1. The Morgan fingerprint density at radius 2 is 1.60 bits per heavy atom. The van der Waals surface area contributed by atoms with E-state index in [1.54, 1.807) is 23.2 Å². The molecule has 3 nitrogen and oxygen atoms in total. The number of rotatable bonds is 8. The number of halogens is 3. The van der Waals surface area contributed by atoms with Gasteiger partial charge in [0, 0.05) is 30.5 Å². The molecule has 0 radical (unpaired) electrons. The van der Waals surface area contributed by atoms with Gasteiger partial charge in [0.2, 0.25) is 0 Å². The molecule has 1 aromatic heterocycles. The molecule has 0 N–H and O–H groups in total. The van der Waals surface area contributed by atoms with Crippen LogP contribution in [0.25, 0.3) is 11.1 Å². The van der Waals surface area contributed by atoms with Crippen LogP contribution in [0.1, 0.15) is 27.2 Å². The third-order valence-electron chi connectivity index (χ3n) is 5.76. The van der Waals surface area contributed by atoms with Gasteiger partial charge in [-0.25, -0.2) is 0 Å². The van der Waals surface area contributed by atoms with Crippen LogP contribution in [0.5, 0.6) is 0 Å². The van der Waals surface area contributed by atoms with Gasteiger partial charge in [0.25, 0.3) is 5.91 Å². The average molecular weight is 475 g/mol. The van der Waals surface area contributed by atoms with Crippen molar-refractivity contribution in [2.24, 2.45) is 0 Å². The lowest BCUT2D eigenvalue weighted by Crippen LogP contribution is -2.31. The lowest BCUT2D eigenvalue weighted by atomic mass is 10.0. The summed E-state index contributed by atoms with van der Waals surface area (Å²) in [6.07, 6.45) is -0.921. The molecule has 0 aliphatic heterocycles. The molecule has 3 aromatic carbocycles. The molecule has 0 bridgehead atoms. The summed E-state index contributed by atoms with van der Waals surface area (Å²) < 4.78 is 41.1. The molecule has 4 rings (SSSR count). The Balaban J connectivity index is 1.51. The van der Waals surface area contributed by atoms with Crippen molar-refractivity contribution in [2.75, 3.05) is 6.54 Å². The van der Waals surface area contributed by atoms with E-state index in [9.17, 15) is 18.0 Å². The lowest BCUT2D eigenvalue weighted by Gasteiger charge is -2.22. The van der Waals surface area contributed by atoms with Crippen molar-refractivity contribution in [3.05, 3.63) is 132 Å². The molecule has 0 aliphatic rings. The van der Waals surface area contributed by atoms with Gasteiger partial charge in [-0.05, 0) is 53.1 Å². The van der Waals surface area contributed by atoms with Gasteiger partial charge in [-0.1, -0.05) is 60.7 Å². The molecule has 0 atom stereocenters. The van der Waals surface area contributed by atoms with E-state index in [0.717, 1.165) is 29.0 Å². The van der Waals surface area contributed by atoms with Crippen LogP contribution in [0, 0.1) is 0 Å². The maximum absolute atomic E-state index is 13.3. The highest BCUT2D eigenvalue weighted by Gasteiger charge is 2.30. The van der Waals surface area contributed by atoms with Gasteiger partial charge >= 0.3 is 6.18 Å². The van der Waals surface area contributed by atoms with Crippen LogP contribution in [0.15, 0.2) is 110 Å². The fraction of sp³-hybridized carbons (Fsp3) is 0.138. The first-order valence-corrected chi connectivity index (χ1v) is 11.2. The summed E-state index contributed by atoms with van der Waals surface area (Å²) in [4.78, 5) is 14.9. The van der Waals surface area contributed by atoms with Crippen LogP contribution >= 0.6 is 0 Å². The number of aromatic nitrogens is 1. The molecule has 1 heterocycles. The minimum Gasteiger partial charge on any atom is -0.345 e. The highest BCUT2D eigenvalue weighted by Crippen LogP contribution is 2.30. The summed E-state index contributed by atoms with van der Waals surface area (Å²) in [5.74, 6) is -0.142.